The summed E-state index contributed by atoms with van der Waals surface area (Å²) in [6.45, 7) is 8.27. The first-order valence-corrected chi connectivity index (χ1v) is 11.9. The van der Waals surface area contributed by atoms with Crippen LogP contribution in [0.25, 0.3) is 0 Å². The Labute approximate surface area is 195 Å². The van der Waals surface area contributed by atoms with Gasteiger partial charge in [-0.25, -0.2) is 0 Å². The molecule has 1 amide bonds. The number of ether oxygens (including phenoxy) is 2. The van der Waals surface area contributed by atoms with Gasteiger partial charge in [0, 0.05) is 13.0 Å². The molecule has 3 rings (SSSR count). The molecule has 1 N–H and O–H groups in total. The zero-order chi connectivity index (χ0) is 22.9. The van der Waals surface area contributed by atoms with E-state index in [1.165, 1.54) is 23.1 Å². The molecule has 0 aliphatic rings. The molecule has 2 aromatic heterocycles. The number of nitrogens with one attached hydrogen (secondary N) is 1. The van der Waals surface area contributed by atoms with E-state index in [0.717, 1.165) is 17.8 Å². The highest BCUT2D eigenvalue weighted by Gasteiger charge is 2.21. The van der Waals surface area contributed by atoms with Crippen molar-refractivity contribution in [3.05, 3.63) is 47.8 Å². The molecule has 1 aromatic carbocycles. The van der Waals surface area contributed by atoms with Gasteiger partial charge in [-0.1, -0.05) is 48.2 Å². The molecular formula is C21H26N6O3S2. The summed E-state index contributed by atoms with van der Waals surface area (Å²) in [6.07, 6.45) is 3.20. The second kappa shape index (κ2) is 11.6. The molecule has 1 unspecified atom stereocenters. The molecule has 0 aliphatic heterocycles. The maximum absolute atomic E-state index is 12.4. The highest BCUT2D eigenvalue weighted by molar-refractivity contribution is 7.99. The van der Waals surface area contributed by atoms with E-state index < -0.39 is 0 Å². The van der Waals surface area contributed by atoms with Gasteiger partial charge in [-0.15, -0.1) is 27.0 Å². The first-order chi connectivity index (χ1) is 15.5. The van der Waals surface area contributed by atoms with Gasteiger partial charge in [0.25, 0.3) is 0 Å². The molecule has 0 saturated carbocycles. The normalized spacial score (nSPS) is 11.7. The Hall–Kier alpha value is -2.92. The Morgan fingerprint density at radius 2 is 2.06 bits per heavy atom. The number of anilines is 1. The lowest BCUT2D eigenvalue weighted by Gasteiger charge is -2.17. The fraction of sp³-hybridized carbons (Fsp3) is 0.381. The van der Waals surface area contributed by atoms with Crippen molar-refractivity contribution in [1.29, 1.82) is 0 Å². The number of benzene rings is 1. The number of rotatable bonds is 12. The molecular weight excluding hydrogens is 448 g/mol. The zero-order valence-electron chi connectivity index (χ0n) is 18.3. The first-order valence-electron chi connectivity index (χ1n) is 10.1. The van der Waals surface area contributed by atoms with Gasteiger partial charge in [0.1, 0.15) is 5.01 Å². The lowest BCUT2D eigenvalue weighted by molar-refractivity contribution is -0.113. The summed E-state index contributed by atoms with van der Waals surface area (Å²) in [4.78, 5) is 12.4. The lowest BCUT2D eigenvalue weighted by Crippen LogP contribution is -2.15. The van der Waals surface area contributed by atoms with Gasteiger partial charge in [0.15, 0.2) is 28.6 Å². The van der Waals surface area contributed by atoms with Crippen LogP contribution in [0.3, 0.4) is 0 Å². The van der Waals surface area contributed by atoms with Crippen molar-refractivity contribution in [2.45, 2.75) is 44.5 Å². The largest absolute Gasteiger partial charge is 0.493 e. The third-order valence-corrected chi connectivity index (χ3v) is 6.17. The number of thioether (sulfide) groups is 1. The van der Waals surface area contributed by atoms with Crippen LogP contribution in [0.5, 0.6) is 11.5 Å². The monoisotopic (exact) mass is 474 g/mol. The molecule has 11 heteroatoms. The van der Waals surface area contributed by atoms with E-state index in [1.54, 1.807) is 13.2 Å². The van der Waals surface area contributed by atoms with Crippen LogP contribution in [0.2, 0.25) is 0 Å². The number of aromatic nitrogens is 5. The molecule has 3 aromatic rings. The van der Waals surface area contributed by atoms with Crippen LogP contribution in [-0.4, -0.2) is 43.7 Å². The number of carbonyl (C=O) groups is 1. The molecule has 1 atom stereocenters. The molecule has 0 saturated heterocycles. The smallest absolute Gasteiger partial charge is 0.236 e. The SMILES string of the molecule is C=CCn1c(SCC(=O)Nc2nnc(CCC)s2)nnc1C(C)Oc1ccccc1OC. The van der Waals surface area contributed by atoms with Crippen LogP contribution in [0.1, 0.15) is 37.2 Å². The quantitative estimate of drug-likeness (QED) is 0.308. The minimum Gasteiger partial charge on any atom is -0.493 e. The maximum Gasteiger partial charge on any atom is 0.236 e. The fourth-order valence-electron chi connectivity index (χ4n) is 2.87. The Bertz CT molecular complexity index is 1050. The Morgan fingerprint density at radius 3 is 2.78 bits per heavy atom. The minimum absolute atomic E-state index is 0.166. The van der Waals surface area contributed by atoms with Crippen molar-refractivity contribution >= 4 is 34.1 Å². The molecule has 0 aliphatic carbocycles. The third kappa shape index (κ3) is 6.07. The van der Waals surface area contributed by atoms with E-state index >= 15 is 0 Å². The van der Waals surface area contributed by atoms with Gasteiger partial charge in [0.05, 0.1) is 12.9 Å². The topological polar surface area (TPSA) is 104 Å². The highest BCUT2D eigenvalue weighted by Crippen LogP contribution is 2.31. The van der Waals surface area contributed by atoms with Crippen molar-refractivity contribution in [2.24, 2.45) is 0 Å². The number of para-hydroxylation sites is 2. The van der Waals surface area contributed by atoms with Gasteiger partial charge in [-0.2, -0.15) is 0 Å². The number of hydrogen-bond donors (Lipinski definition) is 1. The number of amides is 1. The minimum atomic E-state index is -0.389. The zero-order valence-corrected chi connectivity index (χ0v) is 19.9. The molecule has 0 spiro atoms. The van der Waals surface area contributed by atoms with Gasteiger partial charge in [0.2, 0.25) is 11.0 Å². The van der Waals surface area contributed by atoms with E-state index in [0.29, 0.717) is 34.2 Å². The number of nitrogens with zero attached hydrogens (tertiary/aromatic N) is 5. The number of hydrogen-bond acceptors (Lipinski definition) is 9. The Morgan fingerprint density at radius 1 is 1.28 bits per heavy atom. The third-order valence-electron chi connectivity index (χ3n) is 4.30. The lowest BCUT2D eigenvalue weighted by atomic mass is 10.3. The van der Waals surface area contributed by atoms with E-state index in [2.05, 4.69) is 39.2 Å². The van der Waals surface area contributed by atoms with E-state index in [4.69, 9.17) is 9.47 Å². The number of aryl methyl sites for hydroxylation is 1. The fourth-order valence-corrected chi connectivity index (χ4v) is 4.48. The van der Waals surface area contributed by atoms with Gasteiger partial charge >= 0.3 is 0 Å². The van der Waals surface area contributed by atoms with Crippen LogP contribution >= 0.6 is 23.1 Å². The summed E-state index contributed by atoms with van der Waals surface area (Å²) in [5.41, 5.74) is 0. The summed E-state index contributed by atoms with van der Waals surface area (Å²) in [5.74, 6) is 1.87. The molecule has 0 bridgehead atoms. The van der Waals surface area contributed by atoms with E-state index in [9.17, 15) is 4.79 Å². The summed E-state index contributed by atoms with van der Waals surface area (Å²) >= 11 is 2.68. The molecule has 32 heavy (non-hydrogen) atoms. The van der Waals surface area contributed by atoms with Crippen LogP contribution in [0.4, 0.5) is 5.13 Å². The van der Waals surface area contributed by atoms with Crippen molar-refractivity contribution < 1.29 is 14.3 Å². The first kappa shape index (κ1) is 23.7. The Balaban J connectivity index is 1.65. The molecule has 9 nitrogen and oxygen atoms in total. The van der Waals surface area contributed by atoms with Crippen LogP contribution in [-0.2, 0) is 17.8 Å². The summed E-state index contributed by atoms with van der Waals surface area (Å²) in [5, 5.41) is 21.5. The number of allylic oxidation sites excluding steroid dienone is 1. The number of methoxy groups -OCH3 is 1. The highest BCUT2D eigenvalue weighted by atomic mass is 32.2. The van der Waals surface area contributed by atoms with Crippen molar-refractivity contribution in [3.63, 3.8) is 0 Å². The molecule has 0 fully saturated rings. The summed E-state index contributed by atoms with van der Waals surface area (Å²) < 4.78 is 13.3. The van der Waals surface area contributed by atoms with Gasteiger partial charge < -0.3 is 9.47 Å². The number of carbonyl (C=O) groups excluding carboxylic acids is 1. The summed E-state index contributed by atoms with van der Waals surface area (Å²) in [6, 6.07) is 7.42. The van der Waals surface area contributed by atoms with Gasteiger partial charge in [-0.3, -0.25) is 14.7 Å². The second-order valence-corrected chi connectivity index (χ2v) is 8.74. The molecule has 2 heterocycles. The summed E-state index contributed by atoms with van der Waals surface area (Å²) in [7, 11) is 1.60. The van der Waals surface area contributed by atoms with Crippen LogP contribution in [0.15, 0.2) is 42.1 Å². The van der Waals surface area contributed by atoms with Crippen molar-refractivity contribution in [1.82, 2.24) is 25.0 Å². The predicted molar refractivity (Wildman–Crippen MR) is 126 cm³/mol. The van der Waals surface area contributed by atoms with Crippen molar-refractivity contribution in [2.75, 3.05) is 18.2 Å². The van der Waals surface area contributed by atoms with Gasteiger partial charge in [-0.05, 0) is 25.5 Å². The molecule has 0 radical (unpaired) electrons. The standard InChI is InChI=1S/C21H26N6O3S2/c1-5-9-18-23-25-20(32-18)22-17(28)13-31-21-26-24-19(27(21)12-6-2)14(3)30-16-11-8-7-10-15(16)29-4/h6-8,10-11,14H,2,5,9,12-13H2,1,3-4H3,(H,22,25,28). The van der Waals surface area contributed by atoms with E-state index in [1.807, 2.05) is 35.8 Å². The Kier molecular flexibility index (Phi) is 8.63. The van der Waals surface area contributed by atoms with Crippen molar-refractivity contribution in [3.8, 4) is 11.5 Å². The maximum atomic E-state index is 12.4. The average molecular weight is 475 g/mol. The predicted octanol–water partition coefficient (Wildman–Crippen LogP) is 4.15. The van der Waals surface area contributed by atoms with E-state index in [-0.39, 0.29) is 17.8 Å². The average Bonchev–Trinajstić information content (AvgIpc) is 3.40. The molecule has 170 valence electrons. The van der Waals surface area contributed by atoms with Crippen LogP contribution in [0, 0.1) is 0 Å². The van der Waals surface area contributed by atoms with Crippen LogP contribution < -0.4 is 14.8 Å². The second-order valence-electron chi connectivity index (χ2n) is 6.74.